The number of piperidine rings is 1. The molecule has 37 heavy (non-hydrogen) atoms. The lowest BCUT2D eigenvalue weighted by atomic mass is 9.84. The molecule has 3 heterocycles. The molecule has 0 aromatic heterocycles. The number of benzene rings is 2. The van der Waals surface area contributed by atoms with E-state index in [0.29, 0.717) is 45.8 Å². The van der Waals surface area contributed by atoms with Crippen molar-refractivity contribution in [3.8, 4) is 0 Å². The molecular weight excluding hydrogens is 468 g/mol. The van der Waals surface area contributed by atoms with Crippen LogP contribution in [-0.2, 0) is 14.4 Å². The summed E-state index contributed by atoms with van der Waals surface area (Å²) >= 11 is 0. The van der Waals surface area contributed by atoms with Gasteiger partial charge in [-0.15, -0.1) is 0 Å². The van der Waals surface area contributed by atoms with E-state index in [0.717, 1.165) is 22.5 Å². The predicted molar refractivity (Wildman–Crippen MR) is 143 cm³/mol. The quantitative estimate of drug-likeness (QED) is 0.642. The van der Waals surface area contributed by atoms with Gasteiger partial charge in [0.1, 0.15) is 0 Å². The minimum absolute atomic E-state index is 0.0141. The van der Waals surface area contributed by atoms with Crippen molar-refractivity contribution >= 4 is 29.1 Å². The number of amides is 3. The minimum atomic E-state index is -0.305. The number of aryl methyl sites for hydroxylation is 2. The van der Waals surface area contributed by atoms with Gasteiger partial charge in [0.2, 0.25) is 17.7 Å². The summed E-state index contributed by atoms with van der Waals surface area (Å²) in [6.45, 7) is 8.00. The van der Waals surface area contributed by atoms with Gasteiger partial charge in [-0.2, -0.15) is 0 Å². The highest BCUT2D eigenvalue weighted by molar-refractivity contribution is 5.98. The Labute approximate surface area is 218 Å². The Morgan fingerprint density at radius 2 is 1.73 bits per heavy atom. The molecule has 0 bridgehead atoms. The molecule has 3 unspecified atom stereocenters. The Hall–Kier alpha value is -3.27. The highest BCUT2D eigenvalue weighted by Gasteiger charge is 2.51. The van der Waals surface area contributed by atoms with Crippen molar-refractivity contribution in [1.29, 1.82) is 0 Å². The molecule has 2 aromatic rings. The fraction of sp³-hybridized carbons (Fsp3) is 0.464. The van der Waals surface area contributed by atoms with Crippen LogP contribution in [0.1, 0.15) is 11.1 Å². The summed E-state index contributed by atoms with van der Waals surface area (Å²) < 4.78 is 0. The van der Waals surface area contributed by atoms with Crippen LogP contribution in [0.2, 0.25) is 0 Å². The zero-order valence-corrected chi connectivity index (χ0v) is 21.8. The van der Waals surface area contributed by atoms with Crippen molar-refractivity contribution < 1.29 is 14.4 Å². The lowest BCUT2D eigenvalue weighted by Gasteiger charge is -2.41. The maximum absolute atomic E-state index is 13.7. The summed E-state index contributed by atoms with van der Waals surface area (Å²) in [5.41, 5.74) is 7.20. The average Bonchev–Trinajstić information content (AvgIpc) is 3.22. The fourth-order valence-corrected chi connectivity index (χ4v) is 5.76. The molecule has 3 aliphatic heterocycles. The molecule has 3 aliphatic rings. The van der Waals surface area contributed by atoms with Gasteiger partial charge in [-0.25, -0.2) is 10.4 Å². The summed E-state index contributed by atoms with van der Waals surface area (Å²) in [5.74, 6) is -0.515. The number of hydrazine groups is 1. The van der Waals surface area contributed by atoms with Crippen molar-refractivity contribution in [3.63, 3.8) is 0 Å². The second-order valence-electron chi connectivity index (χ2n) is 10.6. The molecule has 5 rings (SSSR count). The van der Waals surface area contributed by atoms with Gasteiger partial charge in [-0.1, -0.05) is 35.9 Å². The van der Waals surface area contributed by atoms with E-state index in [2.05, 4.69) is 26.6 Å². The zero-order chi connectivity index (χ0) is 26.1. The number of piperazine rings is 1. The average molecular weight is 505 g/mol. The summed E-state index contributed by atoms with van der Waals surface area (Å²) in [7, 11) is 1.97. The van der Waals surface area contributed by atoms with Crippen LogP contribution in [0.3, 0.4) is 0 Å². The van der Waals surface area contributed by atoms with Crippen LogP contribution < -0.4 is 15.8 Å². The van der Waals surface area contributed by atoms with E-state index in [1.54, 1.807) is 5.01 Å². The van der Waals surface area contributed by atoms with Crippen LogP contribution in [0.25, 0.3) is 0 Å². The van der Waals surface area contributed by atoms with E-state index in [1.807, 2.05) is 68.3 Å². The number of para-hydroxylation sites is 1. The number of likely N-dealkylation sites (tertiary alicyclic amines) is 1. The summed E-state index contributed by atoms with van der Waals surface area (Å²) in [6.07, 6.45) is 0. The lowest BCUT2D eigenvalue weighted by molar-refractivity contribution is -0.141. The number of carbonyl (C=O) groups is 3. The fourth-order valence-electron chi connectivity index (χ4n) is 5.76. The molecule has 9 heteroatoms. The van der Waals surface area contributed by atoms with Crippen molar-refractivity contribution in [3.05, 3.63) is 59.7 Å². The normalized spacial score (nSPS) is 24.7. The molecule has 3 saturated heterocycles. The first-order valence-corrected chi connectivity index (χ1v) is 13.0. The maximum atomic E-state index is 13.7. The first-order chi connectivity index (χ1) is 17.8. The topological polar surface area (TPSA) is 88.2 Å². The Morgan fingerprint density at radius 1 is 1.00 bits per heavy atom. The van der Waals surface area contributed by atoms with Gasteiger partial charge >= 0.3 is 0 Å². The SMILES string of the molecule is Cc1ccc(NC(=O)CN2CCN(C(=O)C3CN(C)CC4C(=O)N(c5ccccc5)NC34)CC2)c(C)c1. The van der Waals surface area contributed by atoms with Gasteiger partial charge < -0.3 is 15.1 Å². The van der Waals surface area contributed by atoms with Gasteiger partial charge in [0.15, 0.2) is 0 Å². The largest absolute Gasteiger partial charge is 0.340 e. The number of carbonyl (C=O) groups excluding carboxylic acids is 3. The number of rotatable bonds is 5. The predicted octanol–water partition coefficient (Wildman–Crippen LogP) is 1.48. The van der Waals surface area contributed by atoms with Crippen LogP contribution in [-0.4, -0.2) is 91.3 Å². The van der Waals surface area contributed by atoms with Gasteiger partial charge in [-0.05, 0) is 44.7 Å². The Balaban J connectivity index is 1.18. The second kappa shape index (κ2) is 10.6. The van der Waals surface area contributed by atoms with Crippen molar-refractivity contribution in [2.45, 2.75) is 19.9 Å². The first kappa shape index (κ1) is 25.4. The highest BCUT2D eigenvalue weighted by atomic mass is 16.2. The van der Waals surface area contributed by atoms with Crippen molar-refractivity contribution in [2.24, 2.45) is 11.8 Å². The lowest BCUT2D eigenvalue weighted by Crippen LogP contribution is -2.59. The molecule has 3 fully saturated rings. The monoisotopic (exact) mass is 504 g/mol. The standard InChI is InChI=1S/C28H36N6O3/c1-19-9-10-24(20(2)15-19)29-25(35)18-32-11-13-33(14-12-32)27(36)22-16-31(3)17-23-26(22)30-34(28(23)37)21-7-5-4-6-8-21/h4-10,15,22-23,26,30H,11-14,16-18H2,1-3H3,(H,29,35). The molecule has 0 radical (unpaired) electrons. The van der Waals surface area contributed by atoms with Crippen LogP contribution in [0, 0.1) is 25.7 Å². The van der Waals surface area contributed by atoms with Crippen molar-refractivity contribution in [2.75, 3.05) is 63.2 Å². The first-order valence-electron chi connectivity index (χ1n) is 13.0. The number of nitrogens with zero attached hydrogens (tertiary/aromatic N) is 4. The maximum Gasteiger partial charge on any atom is 0.247 e. The van der Waals surface area contributed by atoms with E-state index >= 15 is 0 Å². The van der Waals surface area contributed by atoms with E-state index in [9.17, 15) is 14.4 Å². The van der Waals surface area contributed by atoms with Crippen LogP contribution >= 0.6 is 0 Å². The molecule has 9 nitrogen and oxygen atoms in total. The molecular formula is C28H36N6O3. The Morgan fingerprint density at radius 3 is 2.43 bits per heavy atom. The Bertz CT molecular complexity index is 1160. The molecule has 0 saturated carbocycles. The van der Waals surface area contributed by atoms with Crippen LogP contribution in [0.5, 0.6) is 0 Å². The smallest absolute Gasteiger partial charge is 0.247 e. The Kier molecular flexibility index (Phi) is 7.28. The highest BCUT2D eigenvalue weighted by Crippen LogP contribution is 2.32. The van der Waals surface area contributed by atoms with Crippen molar-refractivity contribution in [1.82, 2.24) is 20.1 Å². The third-order valence-electron chi connectivity index (χ3n) is 7.74. The number of hydrogen-bond acceptors (Lipinski definition) is 6. The summed E-state index contributed by atoms with van der Waals surface area (Å²) in [5, 5.41) is 4.62. The number of anilines is 2. The number of hydrogen-bond donors (Lipinski definition) is 2. The molecule has 3 atom stereocenters. The third-order valence-corrected chi connectivity index (χ3v) is 7.74. The van der Waals surface area contributed by atoms with Gasteiger partial charge in [0.25, 0.3) is 0 Å². The summed E-state index contributed by atoms with van der Waals surface area (Å²) in [6, 6.07) is 15.3. The van der Waals surface area contributed by atoms with Gasteiger partial charge in [-0.3, -0.25) is 19.3 Å². The number of fused-ring (bicyclic) bond motifs is 1. The number of nitrogens with one attached hydrogen (secondary N) is 2. The van der Waals surface area contributed by atoms with Crippen LogP contribution in [0.15, 0.2) is 48.5 Å². The molecule has 2 aromatic carbocycles. The third kappa shape index (κ3) is 5.39. The van der Waals surface area contributed by atoms with E-state index in [4.69, 9.17) is 0 Å². The van der Waals surface area contributed by atoms with Gasteiger partial charge in [0.05, 0.1) is 30.1 Å². The second-order valence-corrected chi connectivity index (χ2v) is 10.6. The minimum Gasteiger partial charge on any atom is -0.340 e. The van der Waals surface area contributed by atoms with E-state index in [1.165, 1.54) is 0 Å². The molecule has 2 N–H and O–H groups in total. The van der Waals surface area contributed by atoms with E-state index < -0.39 is 0 Å². The molecule has 0 aliphatic carbocycles. The molecule has 196 valence electrons. The van der Waals surface area contributed by atoms with E-state index in [-0.39, 0.29) is 35.6 Å². The molecule has 0 spiro atoms. The zero-order valence-electron chi connectivity index (χ0n) is 21.8. The van der Waals surface area contributed by atoms with Gasteiger partial charge in [0, 0.05) is 45.0 Å². The molecule has 3 amide bonds. The van der Waals surface area contributed by atoms with Crippen LogP contribution in [0.4, 0.5) is 11.4 Å². The summed E-state index contributed by atoms with van der Waals surface area (Å²) in [4.78, 5) is 45.6.